The summed E-state index contributed by atoms with van der Waals surface area (Å²) in [5.41, 5.74) is 0.792. The van der Waals surface area contributed by atoms with E-state index < -0.39 is 0 Å². The number of nitrogens with zero attached hydrogens (tertiary/aromatic N) is 2. The molecule has 0 radical (unpaired) electrons. The van der Waals surface area contributed by atoms with Crippen LogP contribution in [0.4, 0.5) is 17.5 Å². The minimum absolute atomic E-state index is 0.469. The maximum atomic E-state index is 5.38. The molecule has 1 aromatic heterocycles. The number of aromatic nitrogens is 2. The summed E-state index contributed by atoms with van der Waals surface area (Å²) in [6, 6.07) is 5.97. The van der Waals surface area contributed by atoms with Crippen LogP contribution < -0.4 is 24.8 Å². The summed E-state index contributed by atoms with van der Waals surface area (Å²) in [6.45, 7) is 0. The van der Waals surface area contributed by atoms with Gasteiger partial charge in [0.05, 0.1) is 21.3 Å². The number of hydrogen-bond donors (Lipinski definition) is 2. The predicted octanol–water partition coefficient (Wildman–Crippen LogP) is 3.60. The number of ether oxygens (including phenoxy) is 3. The number of nitrogens with one attached hydrogen (secondary N) is 2. The molecular weight excluding hydrogens is 320 g/mol. The summed E-state index contributed by atoms with van der Waals surface area (Å²) < 4.78 is 16.1. The zero-order chi connectivity index (χ0) is 17.6. The highest BCUT2D eigenvalue weighted by molar-refractivity contribution is 5.66. The Labute approximate surface area is 147 Å². The molecule has 1 fully saturated rings. The molecule has 1 saturated carbocycles. The number of rotatable bonds is 7. The van der Waals surface area contributed by atoms with E-state index in [1.807, 2.05) is 18.2 Å². The lowest BCUT2D eigenvalue weighted by Gasteiger charge is -2.15. The summed E-state index contributed by atoms with van der Waals surface area (Å²) in [5, 5.41) is 6.66. The molecule has 0 amide bonds. The van der Waals surface area contributed by atoms with Crippen LogP contribution in [0.1, 0.15) is 25.7 Å². The van der Waals surface area contributed by atoms with Gasteiger partial charge < -0.3 is 24.8 Å². The van der Waals surface area contributed by atoms with Crippen molar-refractivity contribution < 1.29 is 14.2 Å². The lowest BCUT2D eigenvalue weighted by Crippen LogP contribution is -2.16. The Balaban J connectivity index is 1.79. The van der Waals surface area contributed by atoms with Crippen molar-refractivity contribution in [2.75, 3.05) is 32.0 Å². The van der Waals surface area contributed by atoms with Crippen molar-refractivity contribution in [2.45, 2.75) is 31.7 Å². The highest BCUT2D eigenvalue weighted by Crippen LogP contribution is 2.40. The Bertz CT molecular complexity index is 692. The molecule has 7 heteroatoms. The van der Waals surface area contributed by atoms with E-state index in [0.717, 1.165) is 5.69 Å². The van der Waals surface area contributed by atoms with Gasteiger partial charge in [0.2, 0.25) is 11.7 Å². The average Bonchev–Trinajstić information content (AvgIpc) is 3.14. The van der Waals surface area contributed by atoms with Gasteiger partial charge in [-0.1, -0.05) is 12.8 Å². The van der Waals surface area contributed by atoms with Gasteiger partial charge in [-0.15, -0.1) is 0 Å². The van der Waals surface area contributed by atoms with Gasteiger partial charge in [-0.05, 0) is 18.9 Å². The molecule has 0 aliphatic heterocycles. The van der Waals surface area contributed by atoms with Crippen LogP contribution in [0.3, 0.4) is 0 Å². The fraction of sp³-hybridized carbons (Fsp3) is 0.444. The average molecular weight is 344 g/mol. The molecular formula is C18H24N4O3. The molecule has 7 nitrogen and oxygen atoms in total. The Morgan fingerprint density at radius 2 is 1.68 bits per heavy atom. The number of benzene rings is 1. The van der Waals surface area contributed by atoms with Crippen LogP contribution in [0.15, 0.2) is 24.4 Å². The van der Waals surface area contributed by atoms with E-state index in [1.54, 1.807) is 27.5 Å². The molecule has 0 atom stereocenters. The van der Waals surface area contributed by atoms with Gasteiger partial charge in [-0.2, -0.15) is 4.98 Å². The van der Waals surface area contributed by atoms with Crippen molar-refractivity contribution in [1.82, 2.24) is 9.97 Å². The topological polar surface area (TPSA) is 77.5 Å². The summed E-state index contributed by atoms with van der Waals surface area (Å²) in [6.07, 6.45) is 6.62. The van der Waals surface area contributed by atoms with Gasteiger partial charge in [0.25, 0.3) is 0 Å². The maximum Gasteiger partial charge on any atom is 0.224 e. The van der Waals surface area contributed by atoms with Crippen LogP contribution in [0.2, 0.25) is 0 Å². The fourth-order valence-electron chi connectivity index (χ4n) is 3.05. The molecule has 0 unspecified atom stereocenters. The third kappa shape index (κ3) is 4.04. The van der Waals surface area contributed by atoms with Gasteiger partial charge >= 0.3 is 0 Å². The Hall–Kier alpha value is -2.70. The smallest absolute Gasteiger partial charge is 0.224 e. The highest BCUT2D eigenvalue weighted by Gasteiger charge is 2.16. The third-order valence-corrected chi connectivity index (χ3v) is 4.28. The van der Waals surface area contributed by atoms with Gasteiger partial charge in [0.1, 0.15) is 5.82 Å². The molecule has 0 spiro atoms. The van der Waals surface area contributed by atoms with Crippen LogP contribution in [-0.4, -0.2) is 37.3 Å². The SMILES string of the molecule is COc1cc(Nc2ccnc(NC3CCCC3)n2)cc(OC)c1OC. The quantitative estimate of drug-likeness (QED) is 0.794. The first-order valence-electron chi connectivity index (χ1n) is 8.40. The fourth-order valence-corrected chi connectivity index (χ4v) is 3.05. The van der Waals surface area contributed by atoms with Crippen LogP contribution in [0, 0.1) is 0 Å². The van der Waals surface area contributed by atoms with Crippen molar-refractivity contribution in [3.63, 3.8) is 0 Å². The second-order valence-corrected chi connectivity index (χ2v) is 5.93. The molecule has 25 heavy (non-hydrogen) atoms. The molecule has 2 N–H and O–H groups in total. The van der Waals surface area contributed by atoms with E-state index in [4.69, 9.17) is 14.2 Å². The van der Waals surface area contributed by atoms with Crippen molar-refractivity contribution in [3.8, 4) is 17.2 Å². The van der Waals surface area contributed by atoms with Gasteiger partial charge in [0, 0.05) is 30.1 Å². The minimum Gasteiger partial charge on any atom is -0.493 e. The van der Waals surface area contributed by atoms with E-state index in [-0.39, 0.29) is 0 Å². The molecule has 0 bridgehead atoms. The Morgan fingerprint density at radius 3 is 2.28 bits per heavy atom. The first-order valence-corrected chi connectivity index (χ1v) is 8.40. The van der Waals surface area contributed by atoms with Gasteiger partial charge in [-0.3, -0.25) is 0 Å². The van der Waals surface area contributed by atoms with E-state index in [9.17, 15) is 0 Å². The monoisotopic (exact) mass is 344 g/mol. The summed E-state index contributed by atoms with van der Waals surface area (Å²) in [7, 11) is 4.77. The molecule has 134 valence electrons. The number of anilines is 3. The summed E-state index contributed by atoms with van der Waals surface area (Å²) in [4.78, 5) is 8.85. The second kappa shape index (κ2) is 7.92. The lowest BCUT2D eigenvalue weighted by atomic mass is 10.2. The van der Waals surface area contributed by atoms with Gasteiger partial charge in [0.15, 0.2) is 11.5 Å². The van der Waals surface area contributed by atoms with Crippen LogP contribution in [0.25, 0.3) is 0 Å². The first-order chi connectivity index (χ1) is 12.2. The number of hydrogen-bond acceptors (Lipinski definition) is 7. The van der Waals surface area contributed by atoms with E-state index >= 15 is 0 Å². The molecule has 2 aromatic rings. The standard InChI is InChI=1S/C18H24N4O3/c1-23-14-10-13(11-15(24-2)17(14)25-3)20-16-8-9-19-18(22-16)21-12-6-4-5-7-12/h8-12H,4-7H2,1-3H3,(H2,19,20,21,22). The Morgan fingerprint density at radius 1 is 1.00 bits per heavy atom. The zero-order valence-electron chi connectivity index (χ0n) is 14.8. The van der Waals surface area contributed by atoms with Crippen LogP contribution in [0.5, 0.6) is 17.2 Å². The molecule has 1 heterocycles. The van der Waals surface area contributed by atoms with Crippen molar-refractivity contribution in [1.29, 1.82) is 0 Å². The third-order valence-electron chi connectivity index (χ3n) is 4.28. The van der Waals surface area contributed by atoms with Crippen LogP contribution in [-0.2, 0) is 0 Å². The van der Waals surface area contributed by atoms with Crippen molar-refractivity contribution in [2.24, 2.45) is 0 Å². The first kappa shape index (κ1) is 17.1. The Kier molecular flexibility index (Phi) is 5.42. The lowest BCUT2D eigenvalue weighted by molar-refractivity contribution is 0.324. The van der Waals surface area contributed by atoms with E-state index in [1.165, 1.54) is 25.7 Å². The molecule has 3 rings (SSSR count). The molecule has 0 saturated heterocycles. The normalized spacial score (nSPS) is 14.2. The zero-order valence-corrected chi connectivity index (χ0v) is 14.8. The van der Waals surface area contributed by atoms with Gasteiger partial charge in [-0.25, -0.2) is 4.98 Å². The van der Waals surface area contributed by atoms with Crippen molar-refractivity contribution >= 4 is 17.5 Å². The minimum atomic E-state index is 0.469. The largest absolute Gasteiger partial charge is 0.493 e. The van der Waals surface area contributed by atoms with E-state index in [2.05, 4.69) is 20.6 Å². The number of methoxy groups -OCH3 is 3. The summed E-state index contributed by atoms with van der Waals surface area (Å²) >= 11 is 0. The van der Waals surface area contributed by atoms with Crippen LogP contribution >= 0.6 is 0 Å². The molecule has 1 aliphatic rings. The van der Waals surface area contributed by atoms with Crippen molar-refractivity contribution in [3.05, 3.63) is 24.4 Å². The second-order valence-electron chi connectivity index (χ2n) is 5.93. The van der Waals surface area contributed by atoms with E-state index in [0.29, 0.717) is 35.1 Å². The highest BCUT2D eigenvalue weighted by atomic mass is 16.5. The molecule has 1 aromatic carbocycles. The maximum absolute atomic E-state index is 5.38. The summed E-state index contributed by atoms with van der Waals surface area (Å²) in [5.74, 6) is 3.07. The molecule has 1 aliphatic carbocycles. The predicted molar refractivity (Wildman–Crippen MR) is 97.3 cm³/mol.